The maximum atomic E-state index is 11.9. The lowest BCUT2D eigenvalue weighted by atomic mass is 10.3. The van der Waals surface area contributed by atoms with Crippen molar-refractivity contribution in [3.8, 4) is 5.75 Å². The van der Waals surface area contributed by atoms with Crippen LogP contribution in [0.25, 0.3) is 0 Å². The summed E-state index contributed by atoms with van der Waals surface area (Å²) in [5.74, 6) is -0.745. The molecule has 0 amide bonds. The van der Waals surface area contributed by atoms with Crippen molar-refractivity contribution >= 4 is 32.8 Å². The summed E-state index contributed by atoms with van der Waals surface area (Å²) in [7, 11) is 0. The number of carbonyl (C=O) groups excluding carboxylic acids is 1. The van der Waals surface area contributed by atoms with Crippen LogP contribution in [0.3, 0.4) is 0 Å². The molecule has 1 aromatic rings. The molecule has 0 aliphatic carbocycles. The van der Waals surface area contributed by atoms with Crippen LogP contribution in [-0.2, 0) is 0 Å². The average molecular weight is 304 g/mol. The van der Waals surface area contributed by atoms with Gasteiger partial charge >= 0.3 is 6.36 Å². The predicted octanol–water partition coefficient (Wildman–Crippen LogP) is 3.12. The van der Waals surface area contributed by atoms with E-state index in [-0.39, 0.29) is 4.60 Å². The van der Waals surface area contributed by atoms with Gasteiger partial charge < -0.3 is 4.74 Å². The number of alkyl halides is 3. The molecule has 0 bridgehead atoms. The van der Waals surface area contributed by atoms with E-state index in [0.717, 1.165) is 12.3 Å². The Labute approximate surface area is 95.3 Å². The van der Waals surface area contributed by atoms with Crippen molar-refractivity contribution in [2.24, 2.45) is 0 Å². The molecule has 0 aliphatic rings. The second-order valence-electron chi connectivity index (χ2n) is 2.30. The third kappa shape index (κ3) is 3.35. The zero-order valence-corrected chi connectivity index (χ0v) is 9.15. The van der Waals surface area contributed by atoms with E-state index >= 15 is 0 Å². The van der Waals surface area contributed by atoms with Gasteiger partial charge in [-0.3, -0.25) is 4.79 Å². The minimum Gasteiger partial charge on any atom is -0.402 e. The van der Waals surface area contributed by atoms with Crippen molar-refractivity contribution in [1.82, 2.24) is 4.98 Å². The van der Waals surface area contributed by atoms with Crippen LogP contribution in [-0.4, -0.2) is 16.6 Å². The Bertz CT molecular complexity index is 396. The largest absolute Gasteiger partial charge is 0.573 e. The Morgan fingerprint density at radius 2 is 2.13 bits per heavy atom. The summed E-state index contributed by atoms with van der Waals surface area (Å²) in [6, 6.07) is 1.03. The van der Waals surface area contributed by atoms with Crippen LogP contribution in [0.15, 0.2) is 16.9 Å². The Kier molecular flexibility index (Phi) is 3.56. The Balaban J connectivity index is 3.19. The van der Waals surface area contributed by atoms with Crippen LogP contribution < -0.4 is 4.74 Å². The third-order valence-electron chi connectivity index (χ3n) is 1.29. The highest BCUT2D eigenvalue weighted by atomic mass is 79.9. The van der Waals surface area contributed by atoms with Gasteiger partial charge in [0.25, 0.3) is 5.24 Å². The van der Waals surface area contributed by atoms with Crippen molar-refractivity contribution in [1.29, 1.82) is 0 Å². The fraction of sp³-hybridized carbons (Fsp3) is 0.143. The summed E-state index contributed by atoms with van der Waals surface area (Å²) in [6.45, 7) is 0. The highest BCUT2D eigenvalue weighted by molar-refractivity contribution is 9.10. The van der Waals surface area contributed by atoms with Gasteiger partial charge in [0.05, 0.1) is 5.56 Å². The summed E-state index contributed by atoms with van der Waals surface area (Å²) < 4.78 is 39.2. The number of halogens is 5. The summed E-state index contributed by atoms with van der Waals surface area (Å²) in [5.41, 5.74) is -0.407. The normalized spacial score (nSPS) is 11.3. The van der Waals surface area contributed by atoms with Crippen molar-refractivity contribution in [2.45, 2.75) is 6.36 Å². The number of rotatable bonds is 2. The molecule has 8 heteroatoms. The summed E-state index contributed by atoms with van der Waals surface area (Å²) >= 11 is 7.80. The van der Waals surface area contributed by atoms with Gasteiger partial charge in [0.1, 0.15) is 4.60 Å². The lowest BCUT2D eigenvalue weighted by Crippen LogP contribution is -2.19. The maximum absolute atomic E-state index is 11.9. The van der Waals surface area contributed by atoms with Crippen LogP contribution in [0.4, 0.5) is 13.2 Å². The van der Waals surface area contributed by atoms with Gasteiger partial charge in [0.15, 0.2) is 5.75 Å². The molecule has 1 heterocycles. The molecule has 0 radical (unpaired) electrons. The molecular formula is C7H2BrClF3NO2. The number of hydrogen-bond donors (Lipinski definition) is 0. The molecule has 1 rings (SSSR count). The van der Waals surface area contributed by atoms with E-state index in [9.17, 15) is 18.0 Å². The van der Waals surface area contributed by atoms with E-state index in [2.05, 4.69) is 25.7 Å². The van der Waals surface area contributed by atoms with E-state index in [1.54, 1.807) is 0 Å². The van der Waals surface area contributed by atoms with E-state index in [1.165, 1.54) is 0 Å². The number of aromatic nitrogens is 1. The minimum absolute atomic E-state index is 0.244. The molecule has 15 heavy (non-hydrogen) atoms. The van der Waals surface area contributed by atoms with Gasteiger partial charge in [-0.2, -0.15) is 0 Å². The second kappa shape index (κ2) is 4.36. The fourth-order valence-corrected chi connectivity index (χ4v) is 1.35. The molecule has 3 nitrogen and oxygen atoms in total. The number of pyridine rings is 1. The molecular weight excluding hydrogens is 302 g/mol. The first-order valence-electron chi connectivity index (χ1n) is 3.41. The van der Waals surface area contributed by atoms with Gasteiger partial charge in [-0.15, -0.1) is 13.2 Å². The Morgan fingerprint density at radius 1 is 1.53 bits per heavy atom. The quantitative estimate of drug-likeness (QED) is 0.622. The molecule has 82 valence electrons. The number of ether oxygens (including phenoxy) is 1. The summed E-state index contributed by atoms with van der Waals surface area (Å²) in [5, 5.41) is -1.06. The number of carbonyl (C=O) groups is 1. The SMILES string of the molecule is O=C(Cl)c1ccnc(Br)c1OC(F)(F)F. The van der Waals surface area contributed by atoms with Crippen LogP contribution in [0, 0.1) is 0 Å². The minimum atomic E-state index is -4.91. The molecule has 0 unspecified atom stereocenters. The van der Waals surface area contributed by atoms with Gasteiger partial charge in [-0.05, 0) is 33.6 Å². The van der Waals surface area contributed by atoms with Crippen molar-refractivity contribution in [3.63, 3.8) is 0 Å². The lowest BCUT2D eigenvalue weighted by Gasteiger charge is -2.11. The highest BCUT2D eigenvalue weighted by Gasteiger charge is 2.34. The first kappa shape index (κ1) is 12.3. The van der Waals surface area contributed by atoms with Crippen LogP contribution in [0.1, 0.15) is 10.4 Å². The standard InChI is InChI=1S/C7H2BrClF3NO2/c8-5-4(15-7(10,11)12)3(6(9)14)1-2-13-5/h1-2H. The molecule has 0 atom stereocenters. The lowest BCUT2D eigenvalue weighted by molar-refractivity contribution is -0.275. The van der Waals surface area contributed by atoms with Gasteiger partial charge in [-0.1, -0.05) is 0 Å². The smallest absolute Gasteiger partial charge is 0.402 e. The van der Waals surface area contributed by atoms with Crippen molar-refractivity contribution < 1.29 is 22.7 Å². The molecule has 0 saturated carbocycles. The second-order valence-corrected chi connectivity index (χ2v) is 3.39. The first-order valence-corrected chi connectivity index (χ1v) is 4.58. The first-order chi connectivity index (χ1) is 6.81. The monoisotopic (exact) mass is 303 g/mol. The van der Waals surface area contributed by atoms with Crippen LogP contribution in [0.5, 0.6) is 5.75 Å². The van der Waals surface area contributed by atoms with E-state index in [0.29, 0.717) is 0 Å². The van der Waals surface area contributed by atoms with Gasteiger partial charge in [0, 0.05) is 6.20 Å². The maximum Gasteiger partial charge on any atom is 0.573 e. The van der Waals surface area contributed by atoms with Crippen molar-refractivity contribution in [3.05, 3.63) is 22.4 Å². The van der Waals surface area contributed by atoms with E-state index < -0.39 is 22.9 Å². The molecule has 0 N–H and O–H groups in total. The molecule has 0 spiro atoms. The fourth-order valence-electron chi connectivity index (χ4n) is 0.790. The zero-order valence-electron chi connectivity index (χ0n) is 6.81. The van der Waals surface area contributed by atoms with Crippen LogP contribution >= 0.6 is 27.5 Å². The topological polar surface area (TPSA) is 39.2 Å². The van der Waals surface area contributed by atoms with Crippen LogP contribution in [0.2, 0.25) is 0 Å². The number of hydrogen-bond acceptors (Lipinski definition) is 3. The van der Waals surface area contributed by atoms with E-state index in [1.807, 2.05) is 0 Å². The third-order valence-corrected chi connectivity index (χ3v) is 2.06. The molecule has 0 aliphatic heterocycles. The van der Waals surface area contributed by atoms with Gasteiger partial charge in [0.2, 0.25) is 0 Å². The molecule has 0 fully saturated rings. The molecule has 0 saturated heterocycles. The Hall–Kier alpha value is -0.820. The summed E-state index contributed by atoms with van der Waals surface area (Å²) in [6.07, 6.45) is -3.78. The highest BCUT2D eigenvalue weighted by Crippen LogP contribution is 2.32. The zero-order chi connectivity index (χ0) is 11.6. The average Bonchev–Trinajstić information content (AvgIpc) is 2.05. The predicted molar refractivity (Wildman–Crippen MR) is 48.8 cm³/mol. The van der Waals surface area contributed by atoms with Crippen molar-refractivity contribution in [2.75, 3.05) is 0 Å². The molecule has 1 aromatic heterocycles. The van der Waals surface area contributed by atoms with Gasteiger partial charge in [-0.25, -0.2) is 4.98 Å². The number of nitrogens with zero attached hydrogens (tertiary/aromatic N) is 1. The molecule has 0 aromatic carbocycles. The van der Waals surface area contributed by atoms with E-state index in [4.69, 9.17) is 11.6 Å². The summed E-state index contributed by atoms with van der Waals surface area (Å²) in [4.78, 5) is 14.3. The Morgan fingerprint density at radius 3 is 2.60 bits per heavy atom.